The summed E-state index contributed by atoms with van der Waals surface area (Å²) in [5.41, 5.74) is 1.12. The van der Waals surface area contributed by atoms with Crippen LogP contribution in [0.25, 0.3) is 0 Å². The lowest BCUT2D eigenvalue weighted by Gasteiger charge is -2.05. The van der Waals surface area contributed by atoms with Crippen LogP contribution in [0.4, 0.5) is 5.69 Å². The maximum absolute atomic E-state index is 12.3. The Morgan fingerprint density at radius 3 is 2.71 bits per heavy atom. The van der Waals surface area contributed by atoms with Crippen molar-refractivity contribution in [1.29, 1.82) is 0 Å². The molecule has 0 fully saturated rings. The summed E-state index contributed by atoms with van der Waals surface area (Å²) < 4.78 is 28.4. The van der Waals surface area contributed by atoms with E-state index in [0.717, 1.165) is 0 Å². The average molecular weight is 312 g/mol. The molecule has 0 radical (unpaired) electrons. The third kappa shape index (κ3) is 3.21. The van der Waals surface area contributed by atoms with Crippen molar-refractivity contribution in [3.05, 3.63) is 23.8 Å². The van der Waals surface area contributed by atoms with Crippen molar-refractivity contribution in [2.75, 3.05) is 11.8 Å². The highest BCUT2D eigenvalue weighted by molar-refractivity contribution is 7.92. The van der Waals surface area contributed by atoms with Crippen LogP contribution in [0, 0.1) is 13.8 Å². The van der Waals surface area contributed by atoms with Crippen LogP contribution in [0.5, 0.6) is 0 Å². The molecule has 0 spiro atoms. The van der Waals surface area contributed by atoms with E-state index < -0.39 is 10.0 Å². The van der Waals surface area contributed by atoms with Crippen molar-refractivity contribution in [2.24, 2.45) is 0 Å². The Kier molecular flexibility index (Phi) is 3.98. The molecule has 0 unspecified atom stereocenters. The third-order valence-corrected chi connectivity index (χ3v) is 4.44. The molecule has 1 amide bonds. The summed E-state index contributed by atoms with van der Waals surface area (Å²) in [6.07, 6.45) is 2.78. The largest absolute Gasteiger partial charge is 0.358 e. The smallest absolute Gasteiger partial charge is 0.265 e. The quantitative estimate of drug-likeness (QED) is 0.704. The van der Waals surface area contributed by atoms with Gasteiger partial charge in [0.15, 0.2) is 0 Å². The van der Waals surface area contributed by atoms with E-state index in [4.69, 9.17) is 0 Å². The molecule has 2 aromatic heterocycles. The van der Waals surface area contributed by atoms with Gasteiger partial charge in [-0.05, 0) is 13.8 Å². The number of amides is 1. The summed E-state index contributed by atoms with van der Waals surface area (Å²) in [5, 5.41) is 12.9. The summed E-state index contributed by atoms with van der Waals surface area (Å²) in [4.78, 5) is 11.3. The molecule has 0 saturated heterocycles. The van der Waals surface area contributed by atoms with Crippen LogP contribution in [-0.2, 0) is 21.4 Å². The van der Waals surface area contributed by atoms with Crippen molar-refractivity contribution in [2.45, 2.75) is 25.3 Å². The van der Waals surface area contributed by atoms with Crippen molar-refractivity contribution >= 4 is 21.6 Å². The number of carbonyl (C=O) groups excluding carboxylic acids is 1. The van der Waals surface area contributed by atoms with Gasteiger partial charge in [0.1, 0.15) is 11.4 Å². The molecule has 0 aliphatic rings. The maximum atomic E-state index is 12.3. The molecule has 0 aliphatic heterocycles. The predicted molar refractivity (Wildman–Crippen MR) is 75.2 cm³/mol. The van der Waals surface area contributed by atoms with Gasteiger partial charge in [-0.25, -0.2) is 8.42 Å². The number of hydrogen-bond acceptors (Lipinski definition) is 5. The Labute approximate surface area is 121 Å². The molecule has 114 valence electrons. The lowest BCUT2D eigenvalue weighted by atomic mass is 10.4. The zero-order valence-corrected chi connectivity index (χ0v) is 12.7. The van der Waals surface area contributed by atoms with Gasteiger partial charge in [-0.3, -0.25) is 19.3 Å². The van der Waals surface area contributed by atoms with E-state index in [1.54, 1.807) is 13.8 Å². The molecule has 0 aromatic carbocycles. The van der Waals surface area contributed by atoms with Gasteiger partial charge in [0.05, 0.1) is 23.3 Å². The molecule has 0 saturated carbocycles. The molecular weight excluding hydrogens is 296 g/mol. The second-order valence-corrected chi connectivity index (χ2v) is 6.09. The summed E-state index contributed by atoms with van der Waals surface area (Å²) in [6, 6.07) is 0. The summed E-state index contributed by atoms with van der Waals surface area (Å²) in [6.45, 7) is 3.25. The van der Waals surface area contributed by atoms with Crippen LogP contribution in [0.1, 0.15) is 11.4 Å². The van der Waals surface area contributed by atoms with E-state index in [0.29, 0.717) is 11.4 Å². The molecule has 3 N–H and O–H groups in total. The summed E-state index contributed by atoms with van der Waals surface area (Å²) >= 11 is 0. The first-order valence-electron chi connectivity index (χ1n) is 6.11. The van der Waals surface area contributed by atoms with Gasteiger partial charge in [0.2, 0.25) is 5.91 Å². The minimum atomic E-state index is -3.75. The topological polar surface area (TPSA) is 122 Å². The first-order valence-corrected chi connectivity index (χ1v) is 7.59. The monoisotopic (exact) mass is 312 g/mol. The lowest BCUT2D eigenvalue weighted by Crippen LogP contribution is -2.23. The Bertz CT molecular complexity index is 741. The highest BCUT2D eigenvalue weighted by Crippen LogP contribution is 2.20. The molecule has 0 aliphatic carbocycles. The Hall–Kier alpha value is -2.36. The predicted octanol–water partition coefficient (Wildman–Crippen LogP) is -0.230. The highest BCUT2D eigenvalue weighted by Gasteiger charge is 2.22. The van der Waals surface area contributed by atoms with E-state index in [2.05, 4.69) is 25.3 Å². The van der Waals surface area contributed by atoms with Crippen molar-refractivity contribution in [1.82, 2.24) is 25.3 Å². The molecule has 2 heterocycles. The van der Waals surface area contributed by atoms with Gasteiger partial charge in [-0.15, -0.1) is 0 Å². The number of carbonyl (C=O) groups is 1. The number of likely N-dealkylation sites (N-methyl/N-ethyl adjacent to an activating group) is 1. The Morgan fingerprint density at radius 1 is 1.43 bits per heavy atom. The minimum Gasteiger partial charge on any atom is -0.358 e. The normalized spacial score (nSPS) is 11.4. The number of nitrogens with zero attached hydrogens (tertiary/aromatic N) is 3. The molecule has 0 atom stereocenters. The summed E-state index contributed by atoms with van der Waals surface area (Å²) in [5.74, 6) is -0.228. The number of sulfonamides is 1. The Morgan fingerprint density at radius 2 is 2.14 bits per heavy atom. The molecule has 2 rings (SSSR count). The fraction of sp³-hybridized carbons (Fsp3) is 0.364. The fourth-order valence-corrected chi connectivity index (χ4v) is 3.27. The molecule has 0 bridgehead atoms. The number of H-pyrrole nitrogens is 1. The summed E-state index contributed by atoms with van der Waals surface area (Å²) in [7, 11) is -2.24. The molecular formula is C11H16N6O3S. The molecule has 21 heavy (non-hydrogen) atoms. The van der Waals surface area contributed by atoms with Gasteiger partial charge in [-0.2, -0.15) is 10.2 Å². The van der Waals surface area contributed by atoms with Gasteiger partial charge in [0, 0.05) is 13.2 Å². The van der Waals surface area contributed by atoms with E-state index in [1.807, 2.05) is 0 Å². The van der Waals surface area contributed by atoms with E-state index in [1.165, 1.54) is 24.1 Å². The zero-order valence-electron chi connectivity index (χ0n) is 11.8. The number of rotatable bonds is 5. The number of nitrogens with one attached hydrogen (secondary N) is 3. The van der Waals surface area contributed by atoms with Crippen LogP contribution < -0.4 is 10.0 Å². The van der Waals surface area contributed by atoms with E-state index in [-0.39, 0.29) is 23.0 Å². The number of hydrogen-bond donors (Lipinski definition) is 3. The van der Waals surface area contributed by atoms with Crippen molar-refractivity contribution in [3.63, 3.8) is 0 Å². The first kappa shape index (κ1) is 15.0. The molecule has 9 nitrogen and oxygen atoms in total. The van der Waals surface area contributed by atoms with Crippen LogP contribution in [0.2, 0.25) is 0 Å². The number of aryl methyl sites for hydroxylation is 2. The van der Waals surface area contributed by atoms with Gasteiger partial charge in [0.25, 0.3) is 10.0 Å². The Balaban J connectivity index is 2.20. The zero-order chi connectivity index (χ0) is 15.6. The van der Waals surface area contributed by atoms with Gasteiger partial charge in [-0.1, -0.05) is 0 Å². The lowest BCUT2D eigenvalue weighted by molar-refractivity contribution is -0.121. The van der Waals surface area contributed by atoms with Crippen LogP contribution in [-0.4, -0.2) is 41.4 Å². The second kappa shape index (κ2) is 5.56. The van der Waals surface area contributed by atoms with Crippen molar-refractivity contribution in [3.8, 4) is 0 Å². The van der Waals surface area contributed by atoms with Crippen LogP contribution in [0.15, 0.2) is 17.3 Å². The minimum absolute atomic E-state index is 0.0159. The number of anilines is 1. The number of aromatic nitrogens is 4. The van der Waals surface area contributed by atoms with Crippen LogP contribution >= 0.6 is 0 Å². The maximum Gasteiger partial charge on any atom is 0.265 e. The van der Waals surface area contributed by atoms with Gasteiger partial charge < -0.3 is 5.32 Å². The molecule has 2 aromatic rings. The SMILES string of the molecule is CNC(=O)Cn1cc(NS(=O)(=O)c2c(C)n[nH]c2C)cn1. The number of aromatic amines is 1. The first-order chi connectivity index (χ1) is 9.83. The second-order valence-electron chi connectivity index (χ2n) is 4.47. The third-order valence-electron chi connectivity index (χ3n) is 2.80. The standard InChI is InChI=1S/C11H16N6O3S/c1-7-11(8(2)15-14-7)21(19,20)16-9-4-13-17(5-9)6-10(18)12-3/h4-5,16H,6H2,1-3H3,(H,12,18)(H,14,15). The molecule has 10 heteroatoms. The highest BCUT2D eigenvalue weighted by atomic mass is 32.2. The van der Waals surface area contributed by atoms with E-state index >= 15 is 0 Å². The van der Waals surface area contributed by atoms with Crippen molar-refractivity contribution < 1.29 is 13.2 Å². The van der Waals surface area contributed by atoms with Crippen LogP contribution in [0.3, 0.4) is 0 Å². The average Bonchev–Trinajstić information content (AvgIpc) is 2.96. The van der Waals surface area contributed by atoms with E-state index in [9.17, 15) is 13.2 Å². The fourth-order valence-electron chi connectivity index (χ4n) is 1.87. The van der Waals surface area contributed by atoms with Gasteiger partial charge >= 0.3 is 0 Å².